The van der Waals surface area contributed by atoms with Gasteiger partial charge in [-0.25, -0.2) is 0 Å². The van der Waals surface area contributed by atoms with Crippen LogP contribution in [0.4, 0.5) is 0 Å². The lowest BCUT2D eigenvalue weighted by molar-refractivity contribution is 0.0529. The normalized spacial score (nSPS) is 27.7. The van der Waals surface area contributed by atoms with Gasteiger partial charge in [-0.1, -0.05) is 34.1 Å². The van der Waals surface area contributed by atoms with Crippen LogP contribution in [0.15, 0.2) is 0 Å². The topological polar surface area (TPSA) is 24.5 Å². The maximum atomic E-state index is 5.71. The van der Waals surface area contributed by atoms with Crippen molar-refractivity contribution >= 4 is 0 Å². The zero-order valence-electron chi connectivity index (χ0n) is 12.9. The van der Waals surface area contributed by atoms with Crippen LogP contribution >= 0.6 is 0 Å². The molecule has 3 atom stereocenters. The van der Waals surface area contributed by atoms with Crippen molar-refractivity contribution in [3.8, 4) is 0 Å². The fraction of sp³-hybridized carbons (Fsp3) is 1.00. The number of nitrogens with zero attached hydrogens (tertiary/aromatic N) is 1. The molecule has 0 spiro atoms. The van der Waals surface area contributed by atoms with E-state index in [-0.39, 0.29) is 0 Å². The van der Waals surface area contributed by atoms with Crippen molar-refractivity contribution in [2.24, 2.45) is 11.8 Å². The Hall–Kier alpha value is -0.120. The van der Waals surface area contributed by atoms with Gasteiger partial charge in [0.05, 0.1) is 6.61 Å². The second kappa shape index (κ2) is 8.13. The van der Waals surface area contributed by atoms with E-state index in [4.69, 9.17) is 4.74 Å². The third-order valence-corrected chi connectivity index (χ3v) is 4.03. The lowest BCUT2D eigenvalue weighted by Gasteiger charge is -2.41. The Morgan fingerprint density at radius 1 is 1.33 bits per heavy atom. The molecule has 1 fully saturated rings. The molecule has 1 rings (SSSR count). The molecular weight excluding hydrogens is 224 g/mol. The van der Waals surface area contributed by atoms with Gasteiger partial charge in [0.1, 0.15) is 0 Å². The summed E-state index contributed by atoms with van der Waals surface area (Å²) in [7, 11) is 0. The zero-order valence-corrected chi connectivity index (χ0v) is 12.9. The molecule has 108 valence electrons. The Morgan fingerprint density at radius 3 is 2.67 bits per heavy atom. The van der Waals surface area contributed by atoms with Gasteiger partial charge in [-0.3, -0.25) is 4.90 Å². The van der Waals surface area contributed by atoms with Gasteiger partial charge in [0.2, 0.25) is 0 Å². The highest BCUT2D eigenvalue weighted by Gasteiger charge is 2.27. The standard InChI is InChI=1S/C15H32N2O/c1-6-13(4)15-10-17(14(5)9-16-15)7-8-18-11-12(2)3/h12-16H,6-11H2,1-5H3. The summed E-state index contributed by atoms with van der Waals surface area (Å²) >= 11 is 0. The van der Waals surface area contributed by atoms with Gasteiger partial charge in [0.25, 0.3) is 0 Å². The van der Waals surface area contributed by atoms with Gasteiger partial charge in [0.15, 0.2) is 0 Å². The second-order valence-corrected chi connectivity index (χ2v) is 6.21. The van der Waals surface area contributed by atoms with E-state index in [1.165, 1.54) is 13.0 Å². The zero-order chi connectivity index (χ0) is 13.5. The predicted octanol–water partition coefficient (Wildman–Crippen LogP) is 2.37. The molecule has 0 aromatic heterocycles. The van der Waals surface area contributed by atoms with E-state index in [0.29, 0.717) is 18.0 Å². The highest BCUT2D eigenvalue weighted by molar-refractivity contribution is 4.86. The number of hydrogen-bond acceptors (Lipinski definition) is 3. The first-order chi connectivity index (χ1) is 8.54. The van der Waals surface area contributed by atoms with Crippen LogP contribution in [0.5, 0.6) is 0 Å². The Morgan fingerprint density at radius 2 is 2.06 bits per heavy atom. The summed E-state index contributed by atoms with van der Waals surface area (Å²) in [6, 6.07) is 1.28. The van der Waals surface area contributed by atoms with Crippen molar-refractivity contribution in [2.75, 3.05) is 32.8 Å². The predicted molar refractivity (Wildman–Crippen MR) is 77.9 cm³/mol. The van der Waals surface area contributed by atoms with Crippen LogP contribution in [0.2, 0.25) is 0 Å². The largest absolute Gasteiger partial charge is 0.380 e. The van der Waals surface area contributed by atoms with Crippen molar-refractivity contribution in [3.63, 3.8) is 0 Å². The third kappa shape index (κ3) is 5.25. The van der Waals surface area contributed by atoms with Crippen molar-refractivity contribution < 1.29 is 4.74 Å². The Labute approximate surface area is 113 Å². The molecule has 3 nitrogen and oxygen atoms in total. The van der Waals surface area contributed by atoms with Crippen LogP contribution in [-0.4, -0.2) is 49.8 Å². The van der Waals surface area contributed by atoms with E-state index in [2.05, 4.69) is 44.8 Å². The molecule has 3 unspecified atom stereocenters. The van der Waals surface area contributed by atoms with Crippen LogP contribution in [0, 0.1) is 11.8 Å². The van der Waals surface area contributed by atoms with Crippen LogP contribution < -0.4 is 5.32 Å². The van der Waals surface area contributed by atoms with Crippen LogP contribution in [0.1, 0.15) is 41.0 Å². The molecule has 1 aliphatic rings. The van der Waals surface area contributed by atoms with E-state index >= 15 is 0 Å². The molecule has 0 amide bonds. The molecule has 0 bridgehead atoms. The molecule has 0 aliphatic carbocycles. The average Bonchev–Trinajstić information content (AvgIpc) is 2.35. The van der Waals surface area contributed by atoms with Crippen LogP contribution in [0.3, 0.4) is 0 Å². The van der Waals surface area contributed by atoms with Gasteiger partial charge in [-0.2, -0.15) is 0 Å². The highest BCUT2D eigenvalue weighted by Crippen LogP contribution is 2.15. The van der Waals surface area contributed by atoms with Crippen molar-refractivity contribution in [2.45, 2.75) is 53.1 Å². The molecule has 1 aliphatic heterocycles. The molecule has 0 saturated carbocycles. The molecule has 3 heteroatoms. The maximum absolute atomic E-state index is 5.71. The Balaban J connectivity index is 2.29. The van der Waals surface area contributed by atoms with Crippen LogP contribution in [-0.2, 0) is 4.74 Å². The summed E-state index contributed by atoms with van der Waals surface area (Å²) in [6.07, 6.45) is 1.25. The molecule has 1 saturated heterocycles. The summed E-state index contributed by atoms with van der Waals surface area (Å²) in [5, 5.41) is 3.68. The van der Waals surface area contributed by atoms with Gasteiger partial charge >= 0.3 is 0 Å². The fourth-order valence-corrected chi connectivity index (χ4v) is 2.43. The minimum absolute atomic E-state index is 0.632. The molecule has 0 aromatic rings. The van der Waals surface area contributed by atoms with Gasteiger partial charge in [-0.15, -0.1) is 0 Å². The first-order valence-electron chi connectivity index (χ1n) is 7.59. The molecule has 18 heavy (non-hydrogen) atoms. The van der Waals surface area contributed by atoms with E-state index in [1.807, 2.05) is 0 Å². The van der Waals surface area contributed by atoms with Crippen molar-refractivity contribution in [3.05, 3.63) is 0 Å². The van der Waals surface area contributed by atoms with Crippen molar-refractivity contribution in [1.82, 2.24) is 10.2 Å². The molecule has 0 aromatic carbocycles. The smallest absolute Gasteiger partial charge is 0.0593 e. The first kappa shape index (κ1) is 15.9. The molecular formula is C15H32N2O. The molecule has 1 heterocycles. The highest BCUT2D eigenvalue weighted by atomic mass is 16.5. The minimum atomic E-state index is 0.632. The molecule has 1 N–H and O–H groups in total. The number of piperazine rings is 1. The Bertz CT molecular complexity index is 221. The lowest BCUT2D eigenvalue weighted by Crippen LogP contribution is -2.57. The number of rotatable bonds is 7. The summed E-state index contributed by atoms with van der Waals surface area (Å²) in [5.41, 5.74) is 0. The second-order valence-electron chi connectivity index (χ2n) is 6.21. The van der Waals surface area contributed by atoms with E-state index in [0.717, 1.165) is 32.2 Å². The van der Waals surface area contributed by atoms with Gasteiger partial charge in [-0.05, 0) is 18.8 Å². The minimum Gasteiger partial charge on any atom is -0.380 e. The summed E-state index contributed by atoms with van der Waals surface area (Å²) in [5.74, 6) is 1.40. The number of nitrogens with one attached hydrogen (secondary N) is 1. The quantitative estimate of drug-likeness (QED) is 0.708. The van der Waals surface area contributed by atoms with Gasteiger partial charge < -0.3 is 10.1 Å². The van der Waals surface area contributed by atoms with Crippen LogP contribution in [0.25, 0.3) is 0 Å². The number of ether oxygens (including phenoxy) is 1. The fourth-order valence-electron chi connectivity index (χ4n) is 2.43. The number of hydrogen-bond donors (Lipinski definition) is 1. The van der Waals surface area contributed by atoms with E-state index in [9.17, 15) is 0 Å². The SMILES string of the molecule is CCC(C)C1CN(CCOCC(C)C)C(C)CN1. The summed E-state index contributed by atoms with van der Waals surface area (Å²) < 4.78 is 5.71. The first-order valence-corrected chi connectivity index (χ1v) is 7.59. The summed E-state index contributed by atoms with van der Waals surface area (Å²) in [6.45, 7) is 16.4. The Kier molecular flexibility index (Phi) is 7.20. The molecule has 0 radical (unpaired) electrons. The van der Waals surface area contributed by atoms with E-state index < -0.39 is 0 Å². The lowest BCUT2D eigenvalue weighted by atomic mass is 9.96. The monoisotopic (exact) mass is 256 g/mol. The van der Waals surface area contributed by atoms with Crippen molar-refractivity contribution in [1.29, 1.82) is 0 Å². The van der Waals surface area contributed by atoms with E-state index in [1.54, 1.807) is 0 Å². The average molecular weight is 256 g/mol. The summed E-state index contributed by atoms with van der Waals surface area (Å²) in [4.78, 5) is 2.58. The van der Waals surface area contributed by atoms with Gasteiger partial charge in [0, 0.05) is 38.3 Å². The third-order valence-electron chi connectivity index (χ3n) is 4.03. The maximum Gasteiger partial charge on any atom is 0.0593 e.